The van der Waals surface area contributed by atoms with E-state index in [9.17, 15) is 4.79 Å². The fourth-order valence-corrected chi connectivity index (χ4v) is 2.58. The van der Waals surface area contributed by atoms with Gasteiger partial charge in [0, 0.05) is 0 Å². The molecule has 1 N–H and O–H groups in total. The molecule has 1 heterocycles. The number of esters is 1. The molecule has 2 fully saturated rings. The minimum absolute atomic E-state index is 0. The van der Waals surface area contributed by atoms with Crippen molar-refractivity contribution < 1.29 is 9.53 Å². The van der Waals surface area contributed by atoms with Crippen molar-refractivity contribution in [2.24, 2.45) is 17.3 Å². The molecule has 3 nitrogen and oxygen atoms in total. The van der Waals surface area contributed by atoms with E-state index in [0.29, 0.717) is 17.3 Å². The Morgan fingerprint density at radius 2 is 2.15 bits per heavy atom. The molecule has 2 aliphatic rings. The van der Waals surface area contributed by atoms with Gasteiger partial charge in [-0.05, 0) is 23.8 Å². The zero-order valence-electron chi connectivity index (χ0n) is 8.16. The summed E-state index contributed by atoms with van der Waals surface area (Å²) in [6.07, 6.45) is 0. The molecular formula is C9H16ClNO2. The van der Waals surface area contributed by atoms with Gasteiger partial charge in [0.2, 0.25) is 0 Å². The summed E-state index contributed by atoms with van der Waals surface area (Å²) in [5.74, 6) is 1.08. The average molecular weight is 206 g/mol. The maximum atomic E-state index is 11.3. The summed E-state index contributed by atoms with van der Waals surface area (Å²) in [7, 11) is 1.45. The molecular weight excluding hydrogens is 190 g/mol. The zero-order chi connectivity index (χ0) is 8.93. The first kappa shape index (κ1) is 10.8. The topological polar surface area (TPSA) is 38.3 Å². The number of piperidine rings is 1. The second kappa shape index (κ2) is 3.14. The van der Waals surface area contributed by atoms with E-state index in [4.69, 9.17) is 4.74 Å². The molecule has 0 radical (unpaired) electrons. The lowest BCUT2D eigenvalue weighted by atomic mass is 10.0. The molecule has 1 saturated heterocycles. The molecule has 1 aliphatic carbocycles. The number of carbonyl (C=O) groups excluding carboxylic acids is 1. The van der Waals surface area contributed by atoms with Crippen LogP contribution < -0.4 is 5.32 Å². The molecule has 4 heteroatoms. The van der Waals surface area contributed by atoms with E-state index in [0.717, 1.165) is 6.54 Å². The van der Waals surface area contributed by atoms with Gasteiger partial charge in [-0.25, -0.2) is 0 Å². The van der Waals surface area contributed by atoms with Gasteiger partial charge in [-0.2, -0.15) is 0 Å². The Hall–Kier alpha value is -0.280. The molecule has 1 saturated carbocycles. The van der Waals surface area contributed by atoms with Crippen molar-refractivity contribution in [3.05, 3.63) is 0 Å². The molecule has 0 spiro atoms. The predicted octanol–water partition coefficient (Wildman–Crippen LogP) is 0.825. The fraction of sp³-hybridized carbons (Fsp3) is 0.889. The minimum Gasteiger partial charge on any atom is -0.468 e. The Morgan fingerprint density at radius 1 is 1.54 bits per heavy atom. The molecule has 0 amide bonds. The Bertz CT molecular complexity index is 230. The molecule has 3 atom stereocenters. The summed E-state index contributed by atoms with van der Waals surface area (Å²) < 4.78 is 4.72. The number of fused-ring (bicyclic) bond motifs is 1. The lowest BCUT2D eigenvalue weighted by Crippen LogP contribution is -2.38. The molecule has 76 valence electrons. The first-order chi connectivity index (χ1) is 5.59. The van der Waals surface area contributed by atoms with E-state index in [-0.39, 0.29) is 24.4 Å². The van der Waals surface area contributed by atoms with Crippen LogP contribution in [0.25, 0.3) is 0 Å². The van der Waals surface area contributed by atoms with Gasteiger partial charge in [-0.15, -0.1) is 12.4 Å². The van der Waals surface area contributed by atoms with Crippen molar-refractivity contribution >= 4 is 18.4 Å². The van der Waals surface area contributed by atoms with Crippen molar-refractivity contribution in [1.82, 2.24) is 5.32 Å². The molecule has 2 rings (SSSR count). The maximum absolute atomic E-state index is 11.3. The Labute approximate surface area is 84.6 Å². The highest BCUT2D eigenvalue weighted by atomic mass is 35.5. The van der Waals surface area contributed by atoms with Crippen LogP contribution >= 0.6 is 12.4 Å². The van der Waals surface area contributed by atoms with Crippen LogP contribution in [0.4, 0.5) is 0 Å². The fourth-order valence-electron chi connectivity index (χ4n) is 2.58. The molecule has 0 aromatic rings. The van der Waals surface area contributed by atoms with Crippen molar-refractivity contribution in [2.75, 3.05) is 13.7 Å². The Kier molecular flexibility index (Phi) is 2.61. The number of nitrogens with one attached hydrogen (secondary N) is 1. The number of ether oxygens (including phenoxy) is 1. The monoisotopic (exact) mass is 205 g/mol. The summed E-state index contributed by atoms with van der Waals surface area (Å²) in [6, 6.07) is -0.0463. The highest BCUT2D eigenvalue weighted by molar-refractivity contribution is 5.85. The zero-order valence-corrected chi connectivity index (χ0v) is 8.98. The molecule has 1 aliphatic heterocycles. The second-order valence-corrected chi connectivity index (χ2v) is 4.36. The van der Waals surface area contributed by atoms with Crippen molar-refractivity contribution in [1.29, 1.82) is 0 Å². The van der Waals surface area contributed by atoms with Crippen LogP contribution in [0.5, 0.6) is 0 Å². The van der Waals surface area contributed by atoms with Gasteiger partial charge in [0.1, 0.15) is 6.04 Å². The van der Waals surface area contributed by atoms with E-state index in [2.05, 4.69) is 19.2 Å². The Morgan fingerprint density at radius 3 is 2.54 bits per heavy atom. The van der Waals surface area contributed by atoms with Crippen molar-refractivity contribution in [2.45, 2.75) is 19.9 Å². The average Bonchev–Trinajstić information content (AvgIpc) is 2.52. The molecule has 13 heavy (non-hydrogen) atoms. The van der Waals surface area contributed by atoms with Crippen LogP contribution in [0.1, 0.15) is 13.8 Å². The van der Waals surface area contributed by atoms with Crippen LogP contribution in [-0.4, -0.2) is 25.7 Å². The highest BCUT2D eigenvalue weighted by Gasteiger charge is 2.66. The van der Waals surface area contributed by atoms with Crippen LogP contribution in [0.3, 0.4) is 0 Å². The summed E-state index contributed by atoms with van der Waals surface area (Å²) in [4.78, 5) is 11.3. The van der Waals surface area contributed by atoms with Gasteiger partial charge in [0.05, 0.1) is 7.11 Å². The highest BCUT2D eigenvalue weighted by Crippen LogP contribution is 2.62. The van der Waals surface area contributed by atoms with Crippen LogP contribution in [0.2, 0.25) is 0 Å². The number of rotatable bonds is 1. The van der Waals surface area contributed by atoms with Gasteiger partial charge in [-0.3, -0.25) is 4.79 Å². The molecule has 0 bridgehead atoms. The normalized spacial score (nSPS) is 38.8. The molecule has 0 aromatic carbocycles. The largest absolute Gasteiger partial charge is 0.468 e. The first-order valence-electron chi connectivity index (χ1n) is 4.40. The SMILES string of the molecule is COC(=O)[C@@H]1NC[C@@H]2[C@H]1C2(C)C.Cl. The number of methoxy groups -OCH3 is 1. The van der Waals surface area contributed by atoms with E-state index in [1.54, 1.807) is 0 Å². The Balaban J connectivity index is 0.000000845. The lowest BCUT2D eigenvalue weighted by molar-refractivity contribution is -0.143. The third-order valence-electron chi connectivity index (χ3n) is 3.51. The molecule has 0 unspecified atom stereocenters. The van der Waals surface area contributed by atoms with E-state index in [1.165, 1.54) is 7.11 Å². The third-order valence-corrected chi connectivity index (χ3v) is 3.51. The second-order valence-electron chi connectivity index (χ2n) is 4.36. The standard InChI is InChI=1S/C9H15NO2.ClH/c1-9(2)5-4-10-7(6(5)9)8(11)12-3;/h5-7,10H,4H2,1-3H3;1H/t5-,6-,7-;/m1./s1. The van der Waals surface area contributed by atoms with Crippen LogP contribution in [-0.2, 0) is 9.53 Å². The van der Waals surface area contributed by atoms with Crippen molar-refractivity contribution in [3.63, 3.8) is 0 Å². The van der Waals surface area contributed by atoms with Gasteiger partial charge in [0.15, 0.2) is 0 Å². The summed E-state index contributed by atoms with van der Waals surface area (Å²) in [5.41, 5.74) is 0.351. The van der Waals surface area contributed by atoms with Gasteiger partial charge in [0.25, 0.3) is 0 Å². The number of halogens is 1. The van der Waals surface area contributed by atoms with Gasteiger partial charge < -0.3 is 10.1 Å². The molecule has 0 aromatic heterocycles. The lowest BCUT2D eigenvalue weighted by Gasteiger charge is -2.16. The maximum Gasteiger partial charge on any atom is 0.323 e. The third kappa shape index (κ3) is 1.34. The predicted molar refractivity (Wildman–Crippen MR) is 51.8 cm³/mol. The first-order valence-corrected chi connectivity index (χ1v) is 4.40. The van der Waals surface area contributed by atoms with E-state index < -0.39 is 0 Å². The van der Waals surface area contributed by atoms with Crippen molar-refractivity contribution in [3.8, 4) is 0 Å². The van der Waals surface area contributed by atoms with Crippen LogP contribution in [0, 0.1) is 17.3 Å². The van der Waals surface area contributed by atoms with Gasteiger partial charge >= 0.3 is 5.97 Å². The smallest absolute Gasteiger partial charge is 0.323 e. The number of hydrogen-bond donors (Lipinski definition) is 1. The summed E-state index contributed by atoms with van der Waals surface area (Å²) in [6.45, 7) is 5.41. The quantitative estimate of drug-likeness (QED) is 0.645. The van der Waals surface area contributed by atoms with E-state index in [1.807, 2.05) is 0 Å². The summed E-state index contributed by atoms with van der Waals surface area (Å²) >= 11 is 0. The van der Waals surface area contributed by atoms with Gasteiger partial charge in [-0.1, -0.05) is 13.8 Å². The minimum atomic E-state index is -0.104. The number of hydrogen-bond acceptors (Lipinski definition) is 3. The number of carbonyl (C=O) groups is 1. The van der Waals surface area contributed by atoms with Crippen LogP contribution in [0.15, 0.2) is 0 Å². The summed E-state index contributed by atoms with van der Waals surface area (Å²) in [5, 5.41) is 3.19. The van der Waals surface area contributed by atoms with E-state index >= 15 is 0 Å².